The summed E-state index contributed by atoms with van der Waals surface area (Å²) in [5.41, 5.74) is 0.700. The van der Waals surface area contributed by atoms with Crippen LogP contribution in [-0.2, 0) is 20.4 Å². The zero-order valence-electron chi connectivity index (χ0n) is 16.8. The Labute approximate surface area is 170 Å². The third kappa shape index (κ3) is 11.3. The van der Waals surface area contributed by atoms with Gasteiger partial charge in [0.1, 0.15) is 0 Å². The average molecular weight is 429 g/mol. The summed E-state index contributed by atoms with van der Waals surface area (Å²) in [6, 6.07) is 4.50. The Hall–Kier alpha value is -2.35. The fraction of sp³-hybridized carbons (Fsp3) is 0.474. The van der Waals surface area contributed by atoms with Crippen molar-refractivity contribution in [3.63, 3.8) is 0 Å². The number of unbranched alkanes of at least 4 members (excludes halogenated alkanes) is 2. The van der Waals surface area contributed by atoms with E-state index in [9.17, 15) is 14.2 Å². The zero-order valence-corrected chi connectivity index (χ0v) is 17.7. The highest BCUT2D eigenvalue weighted by Crippen LogP contribution is 2.37. The third-order valence-corrected chi connectivity index (χ3v) is 4.04. The normalized spacial score (nSPS) is 11.5. The number of amides is 1. The van der Waals surface area contributed by atoms with Gasteiger partial charge in [-0.25, -0.2) is 9.36 Å². The molecule has 162 valence electrons. The molecule has 0 heterocycles. The van der Waals surface area contributed by atoms with Crippen molar-refractivity contribution in [1.82, 2.24) is 5.32 Å². The van der Waals surface area contributed by atoms with Gasteiger partial charge in [-0.15, -0.1) is 0 Å². The highest BCUT2D eigenvalue weighted by molar-refractivity contribution is 7.46. The topological polar surface area (TPSA) is 131 Å². The van der Waals surface area contributed by atoms with E-state index in [0.717, 1.165) is 19.3 Å². The van der Waals surface area contributed by atoms with Gasteiger partial charge < -0.3 is 19.3 Å². The smallest absolute Gasteiger partial charge is 0.493 e. The van der Waals surface area contributed by atoms with Crippen LogP contribution in [0.3, 0.4) is 0 Å². The van der Waals surface area contributed by atoms with E-state index in [1.807, 2.05) is 0 Å². The first kappa shape index (κ1) is 24.7. The van der Waals surface area contributed by atoms with E-state index in [1.165, 1.54) is 19.2 Å². The van der Waals surface area contributed by atoms with Gasteiger partial charge in [0.05, 0.1) is 7.11 Å². The van der Waals surface area contributed by atoms with E-state index in [0.29, 0.717) is 17.9 Å². The first-order valence-electron chi connectivity index (χ1n) is 9.18. The van der Waals surface area contributed by atoms with Crippen molar-refractivity contribution < 1.29 is 37.9 Å². The standard InChI is InChI=1S/C19H28NO8P/c1-14(2)8-6-4-5-7-9-18(21)20-13-15-10-11-16(17(12-15)26-3)27-19(22)28-29(23,24)25/h6,8,10-12,14H,4-5,7,9,13H2,1-3H3,(H,20,21)(H2,23,24,25)/b8-6+. The molecule has 0 saturated carbocycles. The van der Waals surface area contributed by atoms with E-state index >= 15 is 0 Å². The van der Waals surface area contributed by atoms with E-state index in [-0.39, 0.29) is 24.0 Å². The Morgan fingerprint density at radius 3 is 2.55 bits per heavy atom. The number of allylic oxidation sites excluding steroid dienone is 2. The van der Waals surface area contributed by atoms with Gasteiger partial charge >= 0.3 is 14.0 Å². The Bertz CT molecular complexity index is 757. The van der Waals surface area contributed by atoms with Crippen LogP contribution in [0.15, 0.2) is 30.4 Å². The van der Waals surface area contributed by atoms with E-state index < -0.39 is 14.0 Å². The molecular weight excluding hydrogens is 401 g/mol. The predicted molar refractivity (Wildman–Crippen MR) is 106 cm³/mol. The third-order valence-electron chi connectivity index (χ3n) is 3.65. The first-order chi connectivity index (χ1) is 13.6. The fourth-order valence-corrected chi connectivity index (χ4v) is 2.55. The van der Waals surface area contributed by atoms with Gasteiger partial charge in [-0.3, -0.25) is 14.6 Å². The van der Waals surface area contributed by atoms with Crippen molar-refractivity contribution in [1.29, 1.82) is 0 Å². The van der Waals surface area contributed by atoms with E-state index in [2.05, 4.69) is 35.8 Å². The lowest BCUT2D eigenvalue weighted by Crippen LogP contribution is -2.22. The van der Waals surface area contributed by atoms with Crippen LogP contribution in [0.5, 0.6) is 11.5 Å². The van der Waals surface area contributed by atoms with Crippen LogP contribution in [0.2, 0.25) is 0 Å². The number of ether oxygens (including phenoxy) is 2. The minimum Gasteiger partial charge on any atom is -0.493 e. The van der Waals surface area contributed by atoms with Gasteiger partial charge in [0.2, 0.25) is 5.91 Å². The predicted octanol–water partition coefficient (Wildman–Crippen LogP) is 3.69. The molecule has 0 aliphatic carbocycles. The number of hydrogen-bond acceptors (Lipinski definition) is 6. The molecular formula is C19H28NO8P. The number of phosphoric ester groups is 1. The van der Waals surface area contributed by atoms with Gasteiger partial charge in [-0.2, -0.15) is 0 Å². The molecule has 1 rings (SSSR count). The molecule has 0 aliphatic heterocycles. The molecule has 0 spiro atoms. The number of phosphoric acid groups is 1. The lowest BCUT2D eigenvalue weighted by atomic mass is 10.1. The lowest BCUT2D eigenvalue weighted by Gasteiger charge is -2.12. The van der Waals surface area contributed by atoms with Crippen molar-refractivity contribution in [2.45, 2.75) is 46.1 Å². The summed E-state index contributed by atoms with van der Waals surface area (Å²) in [7, 11) is -3.66. The van der Waals surface area contributed by atoms with Gasteiger partial charge in [-0.1, -0.05) is 32.1 Å². The molecule has 1 aromatic carbocycles. The van der Waals surface area contributed by atoms with Crippen LogP contribution in [0.1, 0.15) is 45.1 Å². The molecule has 10 heteroatoms. The average Bonchev–Trinajstić information content (AvgIpc) is 2.61. The molecule has 3 N–H and O–H groups in total. The Morgan fingerprint density at radius 1 is 1.21 bits per heavy atom. The molecule has 0 bridgehead atoms. The highest BCUT2D eigenvalue weighted by atomic mass is 31.2. The van der Waals surface area contributed by atoms with Crippen LogP contribution in [0.25, 0.3) is 0 Å². The van der Waals surface area contributed by atoms with Crippen molar-refractivity contribution in [3.05, 3.63) is 35.9 Å². The summed E-state index contributed by atoms with van der Waals surface area (Å²) in [6.45, 7) is 4.49. The molecule has 29 heavy (non-hydrogen) atoms. The van der Waals surface area contributed by atoms with Crippen LogP contribution < -0.4 is 14.8 Å². The zero-order chi connectivity index (χ0) is 21.9. The molecule has 0 unspecified atom stereocenters. The number of hydrogen-bond donors (Lipinski definition) is 3. The quantitative estimate of drug-likeness (QED) is 0.160. The molecule has 0 aliphatic rings. The minimum atomic E-state index is -5.00. The summed E-state index contributed by atoms with van der Waals surface area (Å²) >= 11 is 0. The van der Waals surface area contributed by atoms with Gasteiger partial charge in [0.15, 0.2) is 11.5 Å². The number of carbonyl (C=O) groups is 2. The summed E-state index contributed by atoms with van der Waals surface area (Å²) in [5.74, 6) is 0.540. The van der Waals surface area contributed by atoms with Crippen LogP contribution in [0, 0.1) is 5.92 Å². The molecule has 1 amide bonds. The van der Waals surface area contributed by atoms with E-state index in [4.69, 9.17) is 19.3 Å². The van der Waals surface area contributed by atoms with Gasteiger partial charge in [-0.05, 0) is 42.9 Å². The summed E-state index contributed by atoms with van der Waals surface area (Å²) < 4.78 is 24.3. The van der Waals surface area contributed by atoms with Crippen LogP contribution in [-0.4, -0.2) is 29.0 Å². The van der Waals surface area contributed by atoms with Gasteiger partial charge in [0.25, 0.3) is 0 Å². The Balaban J connectivity index is 2.47. The van der Waals surface area contributed by atoms with Crippen LogP contribution >= 0.6 is 7.82 Å². The molecule has 9 nitrogen and oxygen atoms in total. The van der Waals surface area contributed by atoms with Crippen molar-refractivity contribution >= 4 is 19.9 Å². The Morgan fingerprint density at radius 2 is 1.93 bits per heavy atom. The van der Waals surface area contributed by atoms with Crippen molar-refractivity contribution in [3.8, 4) is 11.5 Å². The lowest BCUT2D eigenvalue weighted by molar-refractivity contribution is -0.121. The fourth-order valence-electron chi connectivity index (χ4n) is 2.32. The number of rotatable bonds is 11. The maximum absolute atomic E-state index is 11.9. The van der Waals surface area contributed by atoms with Crippen molar-refractivity contribution in [2.75, 3.05) is 7.11 Å². The monoisotopic (exact) mass is 429 g/mol. The number of methoxy groups -OCH3 is 1. The van der Waals surface area contributed by atoms with Crippen molar-refractivity contribution in [2.24, 2.45) is 5.92 Å². The second-order valence-electron chi connectivity index (χ2n) is 6.61. The number of benzene rings is 1. The maximum atomic E-state index is 11.9. The first-order valence-corrected chi connectivity index (χ1v) is 10.7. The maximum Gasteiger partial charge on any atom is 0.529 e. The SMILES string of the molecule is COc1cc(CNC(=O)CCCC/C=C/C(C)C)ccc1OC(=O)OP(=O)(O)O. The number of nitrogens with one attached hydrogen (secondary N) is 1. The summed E-state index contributed by atoms with van der Waals surface area (Å²) in [6.07, 6.45) is 5.85. The largest absolute Gasteiger partial charge is 0.529 e. The Kier molecular flexibility index (Phi) is 10.4. The summed E-state index contributed by atoms with van der Waals surface area (Å²) in [5, 5.41) is 2.80. The molecule has 0 atom stereocenters. The summed E-state index contributed by atoms with van der Waals surface area (Å²) in [4.78, 5) is 40.5. The van der Waals surface area contributed by atoms with E-state index in [1.54, 1.807) is 6.07 Å². The molecule has 0 fully saturated rings. The second kappa shape index (κ2) is 12.3. The highest BCUT2D eigenvalue weighted by Gasteiger charge is 2.23. The second-order valence-corrected chi connectivity index (χ2v) is 7.78. The molecule has 0 aromatic heterocycles. The minimum absolute atomic E-state index is 0.0673. The molecule has 0 saturated heterocycles. The molecule has 0 radical (unpaired) electrons. The van der Waals surface area contributed by atoms with Gasteiger partial charge in [0, 0.05) is 13.0 Å². The van der Waals surface area contributed by atoms with Crippen LogP contribution in [0.4, 0.5) is 4.79 Å². The molecule has 1 aromatic rings. The number of carbonyl (C=O) groups excluding carboxylic acids is 2.